The fourth-order valence-electron chi connectivity index (χ4n) is 2.04. The molecule has 8 heteroatoms. The minimum Gasteiger partial charge on any atom is -0.481 e. The van der Waals surface area contributed by atoms with Crippen molar-refractivity contribution in [1.82, 2.24) is 9.88 Å². The highest BCUT2D eigenvalue weighted by atomic mass is 79.9. The first kappa shape index (κ1) is 15.1. The van der Waals surface area contributed by atoms with Gasteiger partial charge in [0.05, 0.1) is 22.5 Å². The van der Waals surface area contributed by atoms with Crippen molar-refractivity contribution < 1.29 is 14.7 Å². The largest absolute Gasteiger partial charge is 0.481 e. The Hall–Kier alpha value is -1.28. The van der Waals surface area contributed by atoms with E-state index >= 15 is 0 Å². The number of carboxylic acid groups (broad SMARTS) is 1. The van der Waals surface area contributed by atoms with E-state index in [0.717, 1.165) is 5.75 Å². The molecule has 6 nitrogen and oxygen atoms in total. The quantitative estimate of drug-likeness (QED) is 0.844. The van der Waals surface area contributed by atoms with Gasteiger partial charge in [-0.2, -0.15) is 11.8 Å². The lowest BCUT2D eigenvalue weighted by Crippen LogP contribution is -2.47. The van der Waals surface area contributed by atoms with Crippen LogP contribution in [0.4, 0.5) is 0 Å². The highest BCUT2D eigenvalue weighted by Crippen LogP contribution is 2.21. The third-order valence-electron chi connectivity index (χ3n) is 3.00. The summed E-state index contributed by atoms with van der Waals surface area (Å²) in [6.45, 7) is 0.512. The van der Waals surface area contributed by atoms with Gasteiger partial charge in [0.2, 0.25) is 0 Å². The van der Waals surface area contributed by atoms with E-state index in [1.807, 2.05) is 0 Å². The molecule has 1 amide bonds. The minimum absolute atomic E-state index is 0.0662. The van der Waals surface area contributed by atoms with Crippen LogP contribution in [0.5, 0.6) is 0 Å². The molecule has 0 bridgehead atoms. The standard InChI is InChI=1S/C12H13BrN2O4S/c13-9-3-7(5-14-11(9)18)12(19)15-1-2-20-6-8(15)4-10(16)17/h3,5,8H,1-2,4,6H2,(H,14,18)(H,16,17). The maximum Gasteiger partial charge on any atom is 0.305 e. The summed E-state index contributed by atoms with van der Waals surface area (Å²) in [5.74, 6) is 0.223. The maximum absolute atomic E-state index is 12.4. The molecule has 0 radical (unpaired) electrons. The molecule has 2 heterocycles. The minimum atomic E-state index is -0.919. The van der Waals surface area contributed by atoms with E-state index < -0.39 is 5.97 Å². The molecule has 1 aliphatic heterocycles. The van der Waals surface area contributed by atoms with Crippen molar-refractivity contribution >= 4 is 39.6 Å². The summed E-state index contributed by atoms with van der Waals surface area (Å²) in [4.78, 5) is 38.6. The van der Waals surface area contributed by atoms with Gasteiger partial charge < -0.3 is 15.0 Å². The molecule has 0 aromatic carbocycles. The number of carbonyl (C=O) groups excluding carboxylic acids is 1. The molecule has 0 spiro atoms. The normalized spacial score (nSPS) is 18.9. The fraction of sp³-hybridized carbons (Fsp3) is 0.417. The van der Waals surface area contributed by atoms with Crippen molar-refractivity contribution in [3.8, 4) is 0 Å². The second-order valence-corrected chi connectivity index (χ2v) is 6.39. The van der Waals surface area contributed by atoms with Gasteiger partial charge in [0, 0.05) is 24.2 Å². The number of hydrogen-bond acceptors (Lipinski definition) is 4. The van der Waals surface area contributed by atoms with Gasteiger partial charge in [-0.15, -0.1) is 0 Å². The van der Waals surface area contributed by atoms with Gasteiger partial charge in [-0.1, -0.05) is 0 Å². The first-order valence-corrected chi connectivity index (χ1v) is 7.92. The van der Waals surface area contributed by atoms with Crippen molar-refractivity contribution in [2.45, 2.75) is 12.5 Å². The molecule has 20 heavy (non-hydrogen) atoms. The molecule has 1 saturated heterocycles. The summed E-state index contributed by atoms with van der Waals surface area (Å²) in [6, 6.07) is 1.14. The van der Waals surface area contributed by atoms with Crippen molar-refractivity contribution in [2.75, 3.05) is 18.1 Å². The monoisotopic (exact) mass is 360 g/mol. The number of carbonyl (C=O) groups is 2. The van der Waals surface area contributed by atoms with Gasteiger partial charge in [0.1, 0.15) is 0 Å². The summed E-state index contributed by atoms with van der Waals surface area (Å²) >= 11 is 4.72. The molecular formula is C12H13BrN2O4S. The van der Waals surface area contributed by atoms with Crippen LogP contribution in [0.25, 0.3) is 0 Å². The third-order valence-corrected chi connectivity index (χ3v) is 4.68. The number of rotatable bonds is 3. The van der Waals surface area contributed by atoms with E-state index in [-0.39, 0.29) is 28.4 Å². The predicted octanol–water partition coefficient (Wildman–Crippen LogP) is 1.17. The number of H-pyrrole nitrogens is 1. The van der Waals surface area contributed by atoms with E-state index in [1.165, 1.54) is 12.3 Å². The lowest BCUT2D eigenvalue weighted by Gasteiger charge is -2.34. The average molecular weight is 361 g/mol. The van der Waals surface area contributed by atoms with Crippen molar-refractivity contribution in [2.24, 2.45) is 0 Å². The first-order valence-electron chi connectivity index (χ1n) is 5.98. The molecule has 0 aliphatic carbocycles. The van der Waals surface area contributed by atoms with Gasteiger partial charge in [-0.25, -0.2) is 0 Å². The van der Waals surface area contributed by atoms with Gasteiger partial charge in [-0.05, 0) is 22.0 Å². The fourth-order valence-corrected chi connectivity index (χ4v) is 3.46. The Morgan fingerprint density at radius 2 is 2.30 bits per heavy atom. The molecule has 2 N–H and O–H groups in total. The topological polar surface area (TPSA) is 90.5 Å². The predicted molar refractivity (Wildman–Crippen MR) is 79.2 cm³/mol. The summed E-state index contributed by atoms with van der Waals surface area (Å²) in [5.41, 5.74) is 0.0385. The molecule has 0 saturated carbocycles. The maximum atomic E-state index is 12.4. The van der Waals surface area contributed by atoms with Gasteiger partial charge >= 0.3 is 5.97 Å². The van der Waals surface area contributed by atoms with Gasteiger partial charge in [-0.3, -0.25) is 14.4 Å². The number of pyridine rings is 1. The van der Waals surface area contributed by atoms with Gasteiger partial charge in [0.15, 0.2) is 0 Å². The zero-order valence-corrected chi connectivity index (χ0v) is 12.9. The number of thioether (sulfide) groups is 1. The Bertz CT molecular complexity index is 589. The van der Waals surface area contributed by atoms with Crippen LogP contribution in [0.3, 0.4) is 0 Å². The Balaban J connectivity index is 2.22. The van der Waals surface area contributed by atoms with E-state index in [0.29, 0.717) is 17.9 Å². The number of nitrogens with zero attached hydrogens (tertiary/aromatic N) is 1. The van der Waals surface area contributed by atoms with Crippen LogP contribution in [0.15, 0.2) is 21.5 Å². The smallest absolute Gasteiger partial charge is 0.305 e. The molecule has 1 unspecified atom stereocenters. The number of aromatic amines is 1. The van der Waals surface area contributed by atoms with Gasteiger partial charge in [0.25, 0.3) is 11.5 Å². The third kappa shape index (κ3) is 3.43. The first-order chi connectivity index (χ1) is 9.49. The number of nitrogens with one attached hydrogen (secondary N) is 1. The van der Waals surface area contributed by atoms with E-state index in [2.05, 4.69) is 20.9 Å². The number of aliphatic carboxylic acids is 1. The molecule has 108 valence electrons. The SMILES string of the molecule is O=C(O)CC1CSCCN1C(=O)c1c[nH]c(=O)c(Br)c1. The summed E-state index contributed by atoms with van der Waals surface area (Å²) < 4.78 is 0.282. The van der Waals surface area contributed by atoms with E-state index in [4.69, 9.17) is 5.11 Å². The number of aromatic nitrogens is 1. The van der Waals surface area contributed by atoms with Crippen LogP contribution >= 0.6 is 27.7 Å². The molecule has 1 atom stereocenters. The van der Waals surface area contributed by atoms with Crippen molar-refractivity contribution in [3.05, 3.63) is 32.7 Å². The highest BCUT2D eigenvalue weighted by Gasteiger charge is 2.29. The average Bonchev–Trinajstić information content (AvgIpc) is 2.41. The molecule has 2 rings (SSSR count). The summed E-state index contributed by atoms with van der Waals surface area (Å²) in [5, 5.41) is 8.91. The lowest BCUT2D eigenvalue weighted by molar-refractivity contribution is -0.138. The number of halogens is 1. The Kier molecular flexibility index (Phi) is 4.87. The summed E-state index contributed by atoms with van der Waals surface area (Å²) in [6.07, 6.45) is 1.29. The van der Waals surface area contributed by atoms with Crippen LogP contribution in [0.2, 0.25) is 0 Å². The van der Waals surface area contributed by atoms with Crippen LogP contribution < -0.4 is 5.56 Å². The second kappa shape index (κ2) is 6.45. The number of hydrogen-bond donors (Lipinski definition) is 2. The molecular weight excluding hydrogens is 348 g/mol. The van der Waals surface area contributed by atoms with Crippen LogP contribution in [0, 0.1) is 0 Å². The second-order valence-electron chi connectivity index (χ2n) is 4.39. The number of carboxylic acids is 1. The highest BCUT2D eigenvalue weighted by molar-refractivity contribution is 9.10. The summed E-state index contributed by atoms with van der Waals surface area (Å²) in [7, 11) is 0. The Morgan fingerprint density at radius 3 is 2.95 bits per heavy atom. The van der Waals surface area contributed by atoms with Crippen LogP contribution in [-0.2, 0) is 4.79 Å². The number of amides is 1. The lowest BCUT2D eigenvalue weighted by atomic mass is 10.1. The molecule has 1 aromatic heterocycles. The molecule has 1 fully saturated rings. The zero-order chi connectivity index (χ0) is 14.7. The van der Waals surface area contributed by atoms with E-state index in [1.54, 1.807) is 16.7 Å². The Morgan fingerprint density at radius 1 is 1.55 bits per heavy atom. The van der Waals surface area contributed by atoms with Crippen molar-refractivity contribution in [3.63, 3.8) is 0 Å². The van der Waals surface area contributed by atoms with Crippen molar-refractivity contribution in [1.29, 1.82) is 0 Å². The van der Waals surface area contributed by atoms with E-state index in [9.17, 15) is 14.4 Å². The molecule has 1 aliphatic rings. The van der Waals surface area contributed by atoms with Crippen LogP contribution in [-0.4, -0.2) is 51.0 Å². The molecule has 1 aromatic rings. The Labute approximate surface area is 127 Å². The van der Waals surface area contributed by atoms with Crippen LogP contribution in [0.1, 0.15) is 16.8 Å². The zero-order valence-electron chi connectivity index (χ0n) is 10.5.